The van der Waals surface area contributed by atoms with Crippen molar-refractivity contribution in [3.8, 4) is 0 Å². The average molecular weight is 320 g/mol. The van der Waals surface area contributed by atoms with Gasteiger partial charge in [0.2, 0.25) is 0 Å². The Morgan fingerprint density at radius 1 is 0.476 bits per heavy atom. The molecule has 0 bridgehead atoms. The Morgan fingerprint density at radius 3 is 0.952 bits per heavy atom. The minimum atomic E-state index is -0.446. The van der Waals surface area contributed by atoms with E-state index >= 15 is 0 Å². The van der Waals surface area contributed by atoms with Crippen LogP contribution in [0.5, 0.6) is 0 Å². The van der Waals surface area contributed by atoms with Gasteiger partial charge in [-0.1, -0.05) is 98.4 Å². The van der Waals surface area contributed by atoms with Crippen LogP contribution in [-0.2, 0) is 0 Å². The molecule has 0 nitrogen and oxygen atoms in total. The fourth-order valence-corrected chi connectivity index (χ4v) is 4.48. The van der Waals surface area contributed by atoms with E-state index in [-0.39, 0.29) is 23.0 Å². The molecule has 0 aromatic heterocycles. The Morgan fingerprint density at radius 2 is 0.714 bits per heavy atom. The summed E-state index contributed by atoms with van der Waals surface area (Å²) in [5.74, 6) is 0. The molecule has 0 radical (unpaired) electrons. The predicted octanol–water partition coefficient (Wildman–Crippen LogP) is 5.12. The third-order valence-electron chi connectivity index (χ3n) is 3.04. The SMILES string of the molecule is C.P.[HH].[HH].[HH].[HH].c1ccc(P(c2ccccc2)c2ccccc2)cc1. The first-order chi connectivity index (χ1) is 9.45. The van der Waals surface area contributed by atoms with E-state index in [0.717, 1.165) is 0 Å². The molecule has 1 unspecified atom stereocenters. The quantitative estimate of drug-likeness (QED) is 0.587. The van der Waals surface area contributed by atoms with Gasteiger partial charge < -0.3 is 0 Å². The molecule has 0 saturated carbocycles. The van der Waals surface area contributed by atoms with Crippen molar-refractivity contribution in [3.05, 3.63) is 91.0 Å². The number of benzene rings is 3. The monoisotopic (exact) mass is 320 g/mol. The van der Waals surface area contributed by atoms with Gasteiger partial charge in [-0.3, -0.25) is 0 Å². The van der Waals surface area contributed by atoms with Gasteiger partial charge in [-0.15, -0.1) is 0 Å². The molecule has 0 aliphatic carbocycles. The van der Waals surface area contributed by atoms with Crippen LogP contribution in [0.4, 0.5) is 0 Å². The summed E-state index contributed by atoms with van der Waals surface area (Å²) < 4.78 is 0. The second kappa shape index (κ2) is 8.73. The molecule has 0 spiro atoms. The van der Waals surface area contributed by atoms with E-state index in [1.54, 1.807) is 0 Å². The minimum Gasteiger partial charge on any atom is -0.153 e. The molecule has 3 aromatic carbocycles. The predicted molar refractivity (Wildman–Crippen MR) is 111 cm³/mol. The molecule has 3 rings (SSSR count). The summed E-state index contributed by atoms with van der Waals surface area (Å²) in [5, 5.41) is 4.19. The average Bonchev–Trinajstić information content (AvgIpc) is 2.51. The lowest BCUT2D eigenvalue weighted by Gasteiger charge is -2.18. The van der Waals surface area contributed by atoms with Crippen molar-refractivity contribution < 1.29 is 5.71 Å². The molecule has 1 atom stereocenters. The van der Waals surface area contributed by atoms with Gasteiger partial charge in [-0.25, -0.2) is 0 Å². The highest BCUT2D eigenvalue weighted by Crippen LogP contribution is 2.32. The van der Waals surface area contributed by atoms with Crippen LogP contribution >= 0.6 is 17.8 Å². The molecule has 3 aromatic rings. The minimum absolute atomic E-state index is 0. The van der Waals surface area contributed by atoms with E-state index in [1.807, 2.05) is 0 Å². The smallest absolute Gasteiger partial charge is 0 e. The summed E-state index contributed by atoms with van der Waals surface area (Å²) in [6, 6.07) is 32.3. The van der Waals surface area contributed by atoms with Gasteiger partial charge in [-0.05, 0) is 23.8 Å². The second-order valence-corrected chi connectivity index (χ2v) is 6.56. The third kappa shape index (κ3) is 4.24. The zero-order valence-corrected chi connectivity index (χ0v) is 13.6. The summed E-state index contributed by atoms with van der Waals surface area (Å²) >= 11 is 0. The first-order valence-electron chi connectivity index (χ1n) is 6.40. The van der Waals surface area contributed by atoms with Gasteiger partial charge >= 0.3 is 0 Å². The Hall–Kier alpha value is -1.48. The van der Waals surface area contributed by atoms with Gasteiger partial charge in [0.05, 0.1) is 0 Å². The fourth-order valence-electron chi connectivity index (χ4n) is 2.18. The van der Waals surface area contributed by atoms with E-state index in [2.05, 4.69) is 91.0 Å². The van der Waals surface area contributed by atoms with Crippen LogP contribution in [-0.4, -0.2) is 0 Å². The normalized spacial score (nSPS) is 9.57. The molecule has 0 N–H and O–H groups in total. The molecule has 0 aliphatic heterocycles. The van der Waals surface area contributed by atoms with Crippen molar-refractivity contribution >= 4 is 33.7 Å². The van der Waals surface area contributed by atoms with Gasteiger partial charge in [0, 0.05) is 5.71 Å². The molecule has 116 valence electrons. The van der Waals surface area contributed by atoms with Crippen LogP contribution in [0, 0.1) is 0 Å². The zero-order chi connectivity index (χ0) is 12.9. The van der Waals surface area contributed by atoms with Crippen molar-refractivity contribution in [3.63, 3.8) is 0 Å². The number of hydrogen-bond donors (Lipinski definition) is 0. The lowest BCUT2D eigenvalue weighted by molar-refractivity contribution is 1.74. The Balaban J connectivity index is -0.000000367. The lowest BCUT2D eigenvalue weighted by Crippen LogP contribution is -2.20. The maximum Gasteiger partial charge on any atom is 0 e. The van der Waals surface area contributed by atoms with E-state index in [9.17, 15) is 0 Å². The molecule has 0 fully saturated rings. The molecule has 21 heavy (non-hydrogen) atoms. The molecule has 0 saturated heterocycles. The summed E-state index contributed by atoms with van der Waals surface area (Å²) in [7, 11) is -0.446. The van der Waals surface area contributed by atoms with Crippen LogP contribution in [0.25, 0.3) is 0 Å². The van der Waals surface area contributed by atoms with Crippen LogP contribution in [0.1, 0.15) is 13.1 Å². The van der Waals surface area contributed by atoms with Crippen molar-refractivity contribution in [1.29, 1.82) is 0 Å². The second-order valence-electron chi connectivity index (χ2n) is 4.34. The van der Waals surface area contributed by atoms with E-state index in [4.69, 9.17) is 0 Å². The van der Waals surface area contributed by atoms with Crippen LogP contribution in [0.3, 0.4) is 0 Å². The Bertz CT molecular complexity index is 543. The van der Waals surface area contributed by atoms with Gasteiger partial charge in [0.25, 0.3) is 0 Å². The summed E-state index contributed by atoms with van der Waals surface area (Å²) in [4.78, 5) is 0. The van der Waals surface area contributed by atoms with Gasteiger partial charge in [-0.2, -0.15) is 9.90 Å². The Kier molecular flexibility index (Phi) is 7.30. The highest BCUT2D eigenvalue weighted by atomic mass is 31.1. The third-order valence-corrected chi connectivity index (χ3v) is 5.49. The first kappa shape index (κ1) is 17.6. The standard InChI is InChI=1S/C18H15P.CH4.H3P.4H2/c1-4-10-16(11-5-1)19(17-12-6-2-7-13-17)18-14-8-3-9-15-18;;;;;;/h1-15H;1H4;1H3;4*1H. The molecule has 0 amide bonds. The van der Waals surface area contributed by atoms with Crippen LogP contribution in [0.2, 0.25) is 0 Å². The Labute approximate surface area is 138 Å². The van der Waals surface area contributed by atoms with Crippen LogP contribution in [0.15, 0.2) is 91.0 Å². The lowest BCUT2D eigenvalue weighted by atomic mass is 10.4. The van der Waals surface area contributed by atoms with Crippen molar-refractivity contribution in [2.75, 3.05) is 0 Å². The van der Waals surface area contributed by atoms with Crippen molar-refractivity contribution in [2.24, 2.45) is 0 Å². The summed E-state index contributed by atoms with van der Waals surface area (Å²) in [6.45, 7) is 0. The molecule has 2 heteroatoms. The highest BCUT2D eigenvalue weighted by molar-refractivity contribution is 7.79. The maximum atomic E-state index is 2.23. The maximum absolute atomic E-state index is 2.23. The summed E-state index contributed by atoms with van der Waals surface area (Å²) in [5.41, 5.74) is 0. The zero-order valence-electron chi connectivity index (χ0n) is 11.3. The summed E-state index contributed by atoms with van der Waals surface area (Å²) in [6.07, 6.45) is 0. The van der Waals surface area contributed by atoms with Crippen molar-refractivity contribution in [1.82, 2.24) is 0 Å². The number of rotatable bonds is 3. The van der Waals surface area contributed by atoms with E-state index in [0.29, 0.717) is 0 Å². The molecular formula is C19H30P2. The molecular weight excluding hydrogens is 290 g/mol. The largest absolute Gasteiger partial charge is 0.153 e. The molecule has 0 aliphatic rings. The number of hydrogen-bond acceptors (Lipinski definition) is 0. The van der Waals surface area contributed by atoms with Gasteiger partial charge in [0.1, 0.15) is 0 Å². The van der Waals surface area contributed by atoms with Crippen LogP contribution < -0.4 is 15.9 Å². The van der Waals surface area contributed by atoms with Gasteiger partial charge in [0.15, 0.2) is 0 Å². The topological polar surface area (TPSA) is 0 Å². The van der Waals surface area contributed by atoms with E-state index < -0.39 is 7.92 Å². The first-order valence-corrected chi connectivity index (χ1v) is 7.74. The van der Waals surface area contributed by atoms with E-state index in [1.165, 1.54) is 15.9 Å². The molecule has 0 heterocycles. The fraction of sp³-hybridized carbons (Fsp3) is 0.0526. The van der Waals surface area contributed by atoms with Crippen molar-refractivity contribution in [2.45, 2.75) is 7.43 Å². The highest BCUT2D eigenvalue weighted by Gasteiger charge is 2.14.